The molecule has 2 N–H and O–H groups in total. The third kappa shape index (κ3) is 2.81. The van der Waals surface area contributed by atoms with Gasteiger partial charge >= 0.3 is 0 Å². The van der Waals surface area contributed by atoms with Gasteiger partial charge in [0.25, 0.3) is 0 Å². The smallest absolute Gasteiger partial charge is 0.231 e. The Hall–Kier alpha value is -0.720. The molecule has 0 aliphatic rings. The first-order valence-corrected chi connectivity index (χ1v) is 7.45. The molecule has 2 aromatic heterocycles. The van der Waals surface area contributed by atoms with E-state index >= 15 is 0 Å². The van der Waals surface area contributed by atoms with Crippen LogP contribution in [0.3, 0.4) is 0 Å². The summed E-state index contributed by atoms with van der Waals surface area (Å²) in [6, 6.07) is 3.94. The minimum Gasteiger partial charge on any atom is -0.339 e. The lowest BCUT2D eigenvalue weighted by molar-refractivity contribution is 0.300. The Kier molecular flexibility index (Phi) is 4.19. The van der Waals surface area contributed by atoms with Crippen LogP contribution in [0.4, 0.5) is 0 Å². The van der Waals surface area contributed by atoms with Crippen molar-refractivity contribution in [3.8, 4) is 10.7 Å². The highest BCUT2D eigenvalue weighted by molar-refractivity contribution is 9.11. The van der Waals surface area contributed by atoms with Crippen LogP contribution in [0.5, 0.6) is 0 Å². The average Bonchev–Trinajstić information content (AvgIpc) is 2.85. The minimum atomic E-state index is -0.00614. The van der Waals surface area contributed by atoms with Gasteiger partial charge < -0.3 is 10.3 Å². The van der Waals surface area contributed by atoms with Crippen LogP contribution in [-0.2, 0) is 0 Å². The van der Waals surface area contributed by atoms with Crippen molar-refractivity contribution >= 4 is 27.3 Å². The zero-order valence-corrected chi connectivity index (χ0v) is 13.0. The molecule has 0 amide bonds. The number of nitrogens with two attached hydrogens (primary N) is 1. The third-order valence-corrected chi connectivity index (χ3v) is 4.42. The Morgan fingerprint density at radius 2 is 2.06 bits per heavy atom. The topological polar surface area (TPSA) is 64.9 Å². The number of thiophene rings is 1. The fourth-order valence-electron chi connectivity index (χ4n) is 2.02. The number of rotatable bonds is 4. The molecule has 0 fully saturated rings. The van der Waals surface area contributed by atoms with Gasteiger partial charge in [0.15, 0.2) is 0 Å². The molecule has 0 spiro atoms. The summed E-state index contributed by atoms with van der Waals surface area (Å²) in [4.78, 5) is 5.46. The van der Waals surface area contributed by atoms with E-state index in [0.717, 1.165) is 8.66 Å². The number of hydrogen-bond acceptors (Lipinski definition) is 5. The maximum Gasteiger partial charge on any atom is 0.231 e. The van der Waals surface area contributed by atoms with Crippen LogP contribution < -0.4 is 5.73 Å². The molecule has 0 saturated carbocycles. The maximum atomic E-state index is 5.99. The van der Waals surface area contributed by atoms with E-state index in [1.165, 1.54) is 0 Å². The van der Waals surface area contributed by atoms with Gasteiger partial charge in [0, 0.05) is 6.04 Å². The summed E-state index contributed by atoms with van der Waals surface area (Å²) in [7, 11) is 0. The van der Waals surface area contributed by atoms with E-state index in [0.29, 0.717) is 17.6 Å². The van der Waals surface area contributed by atoms with Crippen molar-refractivity contribution < 1.29 is 4.52 Å². The van der Waals surface area contributed by atoms with Gasteiger partial charge in [-0.15, -0.1) is 11.3 Å². The lowest BCUT2D eigenvalue weighted by Gasteiger charge is -2.20. The number of nitrogens with zero attached hydrogens (tertiary/aromatic N) is 2. The molecule has 2 heterocycles. The Labute approximate surface area is 119 Å². The third-order valence-electron chi connectivity index (χ3n) is 2.81. The highest BCUT2D eigenvalue weighted by Gasteiger charge is 2.26. The van der Waals surface area contributed by atoms with E-state index in [1.807, 2.05) is 19.1 Å². The van der Waals surface area contributed by atoms with Crippen LogP contribution in [0.25, 0.3) is 10.7 Å². The predicted octanol–water partition coefficient (Wildman–Crippen LogP) is 3.65. The van der Waals surface area contributed by atoms with Gasteiger partial charge in [-0.25, -0.2) is 0 Å². The number of hydrogen-bond donors (Lipinski definition) is 1. The summed E-state index contributed by atoms with van der Waals surface area (Å²) in [6.45, 7) is 6.19. The van der Waals surface area contributed by atoms with Crippen LogP contribution in [-0.4, -0.2) is 16.2 Å². The van der Waals surface area contributed by atoms with E-state index in [4.69, 9.17) is 10.3 Å². The summed E-state index contributed by atoms with van der Waals surface area (Å²) in [5, 5.41) is 4.03. The highest BCUT2D eigenvalue weighted by Crippen LogP contribution is 2.32. The van der Waals surface area contributed by atoms with Crippen molar-refractivity contribution in [1.29, 1.82) is 0 Å². The molecule has 0 aliphatic carbocycles. The van der Waals surface area contributed by atoms with Crippen LogP contribution in [0.2, 0.25) is 0 Å². The van der Waals surface area contributed by atoms with Crippen LogP contribution in [0.15, 0.2) is 20.4 Å². The van der Waals surface area contributed by atoms with Crippen molar-refractivity contribution in [2.24, 2.45) is 11.7 Å². The van der Waals surface area contributed by atoms with E-state index in [2.05, 4.69) is 39.9 Å². The van der Waals surface area contributed by atoms with Crippen molar-refractivity contribution in [2.75, 3.05) is 0 Å². The zero-order valence-electron chi connectivity index (χ0n) is 10.6. The van der Waals surface area contributed by atoms with Crippen molar-refractivity contribution in [2.45, 2.75) is 32.7 Å². The van der Waals surface area contributed by atoms with E-state index in [1.54, 1.807) is 11.3 Å². The second-order valence-corrected chi connectivity index (χ2v) is 7.15. The van der Waals surface area contributed by atoms with Crippen LogP contribution in [0.1, 0.15) is 32.6 Å². The largest absolute Gasteiger partial charge is 0.339 e. The van der Waals surface area contributed by atoms with E-state index in [-0.39, 0.29) is 12.0 Å². The molecule has 2 aromatic rings. The van der Waals surface area contributed by atoms with E-state index in [9.17, 15) is 0 Å². The molecule has 98 valence electrons. The van der Waals surface area contributed by atoms with Crippen molar-refractivity contribution in [3.63, 3.8) is 0 Å². The van der Waals surface area contributed by atoms with Crippen LogP contribution >= 0.6 is 27.3 Å². The summed E-state index contributed by atoms with van der Waals surface area (Å²) < 4.78 is 6.42. The van der Waals surface area contributed by atoms with Gasteiger partial charge in [-0.2, -0.15) is 4.98 Å². The van der Waals surface area contributed by atoms with Gasteiger partial charge in [-0.3, -0.25) is 0 Å². The SMILES string of the molecule is CC(C)C(c1nc(-c2ccc(Br)s2)no1)C(C)N. The van der Waals surface area contributed by atoms with Crippen molar-refractivity contribution in [1.82, 2.24) is 10.1 Å². The number of aromatic nitrogens is 2. The van der Waals surface area contributed by atoms with E-state index < -0.39 is 0 Å². The molecule has 0 aromatic carbocycles. The zero-order chi connectivity index (χ0) is 13.3. The first-order chi connectivity index (χ1) is 8.49. The maximum absolute atomic E-state index is 5.99. The molecule has 18 heavy (non-hydrogen) atoms. The lowest BCUT2D eigenvalue weighted by Crippen LogP contribution is -2.28. The Morgan fingerprint density at radius 1 is 1.33 bits per heavy atom. The quantitative estimate of drug-likeness (QED) is 0.929. The van der Waals surface area contributed by atoms with Gasteiger partial charge in [0.05, 0.1) is 14.6 Å². The molecule has 4 nitrogen and oxygen atoms in total. The predicted molar refractivity (Wildman–Crippen MR) is 76.5 cm³/mol. The Morgan fingerprint density at radius 3 is 2.56 bits per heavy atom. The Balaban J connectivity index is 2.29. The molecule has 2 atom stereocenters. The second-order valence-electron chi connectivity index (χ2n) is 4.69. The molecule has 0 bridgehead atoms. The summed E-state index contributed by atoms with van der Waals surface area (Å²) in [5.74, 6) is 1.72. The van der Waals surface area contributed by atoms with Crippen molar-refractivity contribution in [3.05, 3.63) is 21.8 Å². The fraction of sp³-hybridized carbons (Fsp3) is 0.500. The minimum absolute atomic E-state index is 0.00614. The number of halogens is 1. The highest BCUT2D eigenvalue weighted by atomic mass is 79.9. The van der Waals surface area contributed by atoms with Gasteiger partial charge in [0.2, 0.25) is 11.7 Å². The second kappa shape index (κ2) is 5.50. The summed E-state index contributed by atoms with van der Waals surface area (Å²) in [6.07, 6.45) is 0. The summed E-state index contributed by atoms with van der Waals surface area (Å²) in [5.41, 5.74) is 5.99. The Bertz CT molecular complexity index is 513. The average molecular weight is 330 g/mol. The molecule has 0 radical (unpaired) electrons. The van der Waals surface area contributed by atoms with Gasteiger partial charge in [-0.05, 0) is 40.9 Å². The van der Waals surface area contributed by atoms with Gasteiger partial charge in [-0.1, -0.05) is 19.0 Å². The standard InChI is InChI=1S/C12H16BrN3OS/c1-6(2)10(7(3)14)12-15-11(16-17-12)8-4-5-9(13)18-8/h4-7,10H,14H2,1-3H3. The fourth-order valence-corrected chi connectivity index (χ4v) is 3.33. The first-order valence-electron chi connectivity index (χ1n) is 5.84. The van der Waals surface area contributed by atoms with Crippen LogP contribution in [0, 0.1) is 5.92 Å². The molecular formula is C12H16BrN3OS. The lowest BCUT2D eigenvalue weighted by atomic mass is 9.90. The first kappa shape index (κ1) is 13.7. The molecule has 2 rings (SSSR count). The van der Waals surface area contributed by atoms with Gasteiger partial charge in [0.1, 0.15) is 0 Å². The summed E-state index contributed by atoms with van der Waals surface area (Å²) >= 11 is 5.01. The normalized spacial score (nSPS) is 15.0. The molecule has 2 unspecified atom stereocenters. The monoisotopic (exact) mass is 329 g/mol. The molecule has 6 heteroatoms. The molecule has 0 aliphatic heterocycles. The molecule has 0 saturated heterocycles. The molecular weight excluding hydrogens is 314 g/mol.